The molecule has 0 aliphatic carbocycles. The van der Waals surface area contributed by atoms with Crippen LogP contribution in [0.25, 0.3) is 0 Å². The Hall–Kier alpha value is -1.44. The number of carbonyl (C=O) groups excluding carboxylic acids is 1. The summed E-state index contributed by atoms with van der Waals surface area (Å²) in [5.74, 6) is 0.112. The third-order valence-electron chi connectivity index (χ3n) is 6.45. The first-order chi connectivity index (χ1) is 18.5. The van der Waals surface area contributed by atoms with Crippen molar-refractivity contribution in [3.8, 4) is 5.75 Å². The summed E-state index contributed by atoms with van der Waals surface area (Å²) in [5, 5.41) is 0. The van der Waals surface area contributed by atoms with E-state index in [1.165, 1.54) is 89.5 Å². The molecule has 0 saturated carbocycles. The average molecular weight is 573 g/mol. The van der Waals surface area contributed by atoms with Crippen LogP contribution in [0.2, 0.25) is 0 Å². The van der Waals surface area contributed by atoms with Gasteiger partial charge in [0.25, 0.3) is 0 Å². The second kappa shape index (κ2) is 20.4. The minimum atomic E-state index is -4.26. The van der Waals surface area contributed by atoms with Crippen LogP contribution in [0.1, 0.15) is 96.5 Å². The minimum Gasteiger partial charge on any atom is -0.490 e. The molecule has 0 amide bonds. The number of ether oxygens (including phenoxy) is 2. The molecule has 0 bridgehead atoms. The van der Waals surface area contributed by atoms with Crippen LogP contribution in [0.15, 0.2) is 24.3 Å². The number of phosphoric ester groups is 1. The van der Waals surface area contributed by atoms with E-state index in [1.807, 2.05) is 33.3 Å². The van der Waals surface area contributed by atoms with Crippen molar-refractivity contribution in [2.75, 3.05) is 47.5 Å². The van der Waals surface area contributed by atoms with Crippen LogP contribution in [0.4, 0.5) is 0 Å². The fourth-order valence-corrected chi connectivity index (χ4v) is 4.85. The zero-order valence-electron chi connectivity index (χ0n) is 25.2. The van der Waals surface area contributed by atoms with E-state index in [4.69, 9.17) is 18.5 Å². The summed E-state index contributed by atoms with van der Waals surface area (Å²) in [5.41, 5.74) is 1.27. The number of rotatable bonds is 24. The van der Waals surface area contributed by atoms with E-state index in [2.05, 4.69) is 19.1 Å². The van der Waals surface area contributed by atoms with Crippen LogP contribution in [-0.2, 0) is 29.6 Å². The molecule has 2 unspecified atom stereocenters. The third-order valence-corrected chi connectivity index (χ3v) is 7.44. The molecule has 0 heterocycles. The first-order valence-corrected chi connectivity index (χ1v) is 16.3. The summed E-state index contributed by atoms with van der Waals surface area (Å²) < 4.78 is 33.8. The van der Waals surface area contributed by atoms with Crippen molar-refractivity contribution in [3.05, 3.63) is 29.8 Å². The van der Waals surface area contributed by atoms with Gasteiger partial charge in [-0.15, -0.1) is 0 Å². The standard InChI is InChI=1S/C30H54NO7P/c1-6-7-8-9-10-11-12-13-14-15-16-17-18-28-19-21-29(22-20-28)35-25-30(38-27(2)32)26-37-39(33,34)36-24-23-31(3,4)5/h19-22,30H,6-18,23-26H2,1-5H3/p+1. The topological polar surface area (TPSA) is 91.3 Å². The summed E-state index contributed by atoms with van der Waals surface area (Å²) >= 11 is 0. The quantitative estimate of drug-likeness (QED) is 0.0612. The minimum absolute atomic E-state index is 0.00343. The highest BCUT2D eigenvalue weighted by Crippen LogP contribution is 2.43. The predicted molar refractivity (Wildman–Crippen MR) is 157 cm³/mol. The second-order valence-electron chi connectivity index (χ2n) is 11.4. The highest BCUT2D eigenvalue weighted by Gasteiger charge is 2.26. The van der Waals surface area contributed by atoms with E-state index in [1.54, 1.807) is 0 Å². The number of phosphoric acid groups is 1. The second-order valence-corrected chi connectivity index (χ2v) is 12.9. The van der Waals surface area contributed by atoms with Crippen LogP contribution in [0, 0.1) is 0 Å². The van der Waals surface area contributed by atoms with Gasteiger partial charge in [0, 0.05) is 6.92 Å². The van der Waals surface area contributed by atoms with Gasteiger partial charge in [-0.25, -0.2) is 4.57 Å². The number of benzene rings is 1. The van der Waals surface area contributed by atoms with Crippen LogP contribution in [0.5, 0.6) is 5.75 Å². The zero-order chi connectivity index (χ0) is 29.0. The molecule has 0 aliphatic heterocycles. The molecule has 0 aliphatic rings. The number of quaternary nitrogens is 1. The molecule has 1 rings (SSSR count). The molecule has 1 aromatic rings. The predicted octanol–water partition coefficient (Wildman–Crippen LogP) is 7.08. The lowest BCUT2D eigenvalue weighted by Crippen LogP contribution is -2.37. The first kappa shape index (κ1) is 35.6. The van der Waals surface area contributed by atoms with Gasteiger partial charge in [-0.2, -0.15) is 0 Å². The Kier molecular flexibility index (Phi) is 18.6. The van der Waals surface area contributed by atoms with Gasteiger partial charge >= 0.3 is 13.8 Å². The Labute approximate surface area is 237 Å². The smallest absolute Gasteiger partial charge is 0.472 e. The van der Waals surface area contributed by atoms with Gasteiger partial charge in [0.05, 0.1) is 27.7 Å². The molecule has 8 nitrogen and oxygen atoms in total. The summed E-state index contributed by atoms with van der Waals surface area (Å²) in [4.78, 5) is 21.4. The average Bonchev–Trinajstić information content (AvgIpc) is 2.86. The van der Waals surface area contributed by atoms with Crippen molar-refractivity contribution in [3.63, 3.8) is 0 Å². The van der Waals surface area contributed by atoms with Crippen LogP contribution in [-0.4, -0.2) is 69.0 Å². The van der Waals surface area contributed by atoms with Gasteiger partial charge in [-0.3, -0.25) is 13.8 Å². The SMILES string of the molecule is CCCCCCCCCCCCCCc1ccc(OCC(COP(=O)(O)OCC[N+](C)(C)C)OC(C)=O)cc1. The van der Waals surface area contributed by atoms with E-state index in [9.17, 15) is 14.3 Å². The molecule has 39 heavy (non-hydrogen) atoms. The van der Waals surface area contributed by atoms with Crippen LogP contribution >= 0.6 is 7.82 Å². The number of hydrogen-bond acceptors (Lipinski definition) is 6. The Morgan fingerprint density at radius 2 is 1.38 bits per heavy atom. The lowest BCUT2D eigenvalue weighted by Gasteiger charge is -2.24. The van der Waals surface area contributed by atoms with Gasteiger partial charge in [0.2, 0.25) is 0 Å². The van der Waals surface area contributed by atoms with E-state index in [0.29, 0.717) is 16.8 Å². The Bertz CT molecular complexity index is 811. The lowest BCUT2D eigenvalue weighted by atomic mass is 10.0. The van der Waals surface area contributed by atoms with Gasteiger partial charge in [0.15, 0.2) is 6.10 Å². The summed E-state index contributed by atoms with van der Waals surface area (Å²) in [7, 11) is 1.59. The molecule has 9 heteroatoms. The Morgan fingerprint density at radius 1 is 0.846 bits per heavy atom. The maximum Gasteiger partial charge on any atom is 0.472 e. The van der Waals surface area contributed by atoms with Crippen molar-refractivity contribution in [1.29, 1.82) is 0 Å². The summed E-state index contributed by atoms with van der Waals surface area (Å²) in [6.45, 7) is 3.83. The fourth-order valence-electron chi connectivity index (χ4n) is 4.11. The Morgan fingerprint density at radius 3 is 1.90 bits per heavy atom. The van der Waals surface area contributed by atoms with Gasteiger partial charge in [0.1, 0.15) is 25.5 Å². The number of likely N-dealkylation sites (N-methyl/N-ethyl adjacent to an activating group) is 1. The number of nitrogens with zero attached hydrogens (tertiary/aromatic N) is 1. The molecular weight excluding hydrogens is 517 g/mol. The van der Waals surface area contributed by atoms with Crippen molar-refractivity contribution < 1.29 is 37.3 Å². The number of carbonyl (C=O) groups is 1. The summed E-state index contributed by atoms with van der Waals surface area (Å²) in [6.07, 6.45) is 16.3. The van der Waals surface area contributed by atoms with E-state index in [-0.39, 0.29) is 19.8 Å². The number of aryl methyl sites for hydroxylation is 1. The van der Waals surface area contributed by atoms with Crippen molar-refractivity contribution in [2.45, 2.75) is 103 Å². The van der Waals surface area contributed by atoms with Crippen molar-refractivity contribution in [1.82, 2.24) is 0 Å². The van der Waals surface area contributed by atoms with E-state index < -0.39 is 19.9 Å². The third kappa shape index (κ3) is 21.0. The molecule has 1 aromatic carbocycles. The highest BCUT2D eigenvalue weighted by molar-refractivity contribution is 7.47. The van der Waals surface area contributed by atoms with Crippen molar-refractivity contribution >= 4 is 13.8 Å². The number of hydrogen-bond donors (Lipinski definition) is 1. The monoisotopic (exact) mass is 572 g/mol. The molecule has 2 atom stereocenters. The molecule has 226 valence electrons. The molecule has 0 radical (unpaired) electrons. The van der Waals surface area contributed by atoms with E-state index >= 15 is 0 Å². The van der Waals surface area contributed by atoms with Gasteiger partial charge < -0.3 is 18.9 Å². The van der Waals surface area contributed by atoms with Crippen molar-refractivity contribution in [2.24, 2.45) is 0 Å². The van der Waals surface area contributed by atoms with E-state index in [0.717, 1.165) is 6.42 Å². The number of esters is 1. The Balaban J connectivity index is 2.27. The molecular formula is C30H55NO7P+. The maximum absolute atomic E-state index is 12.2. The zero-order valence-corrected chi connectivity index (χ0v) is 26.1. The van der Waals surface area contributed by atoms with Crippen LogP contribution in [0.3, 0.4) is 0 Å². The molecule has 1 N–H and O–H groups in total. The van der Waals surface area contributed by atoms with Gasteiger partial charge in [-0.05, 0) is 30.5 Å². The lowest BCUT2D eigenvalue weighted by molar-refractivity contribution is -0.870. The van der Waals surface area contributed by atoms with Gasteiger partial charge in [-0.1, -0.05) is 89.7 Å². The molecule has 0 aromatic heterocycles. The first-order valence-electron chi connectivity index (χ1n) is 14.8. The fraction of sp³-hybridized carbons (Fsp3) is 0.767. The maximum atomic E-state index is 12.2. The summed E-state index contributed by atoms with van der Waals surface area (Å²) in [6, 6.07) is 7.89. The largest absolute Gasteiger partial charge is 0.490 e. The molecule has 0 spiro atoms. The van der Waals surface area contributed by atoms with Crippen LogP contribution < -0.4 is 4.74 Å². The molecule has 0 fully saturated rings. The highest BCUT2D eigenvalue weighted by atomic mass is 31.2. The molecule has 0 saturated heterocycles. The number of unbranched alkanes of at least 4 members (excludes halogenated alkanes) is 11. The normalized spacial score (nSPS) is 14.1.